The molecular formula is C16H9BrClNO2. The summed E-state index contributed by atoms with van der Waals surface area (Å²) in [5.74, 6) is -0.581. The van der Waals surface area contributed by atoms with E-state index in [1.807, 2.05) is 6.07 Å². The summed E-state index contributed by atoms with van der Waals surface area (Å²) in [6, 6.07) is 13.4. The second-order valence-electron chi connectivity index (χ2n) is 4.19. The molecule has 5 heteroatoms. The minimum Gasteiger partial charge on any atom is -0.506 e. The van der Waals surface area contributed by atoms with E-state index in [4.69, 9.17) is 11.6 Å². The molecule has 104 valence electrons. The highest BCUT2D eigenvalue weighted by Gasteiger charge is 2.14. The van der Waals surface area contributed by atoms with Crippen molar-refractivity contribution in [2.45, 2.75) is 0 Å². The number of hydrogen-bond acceptors (Lipinski definition) is 3. The highest BCUT2D eigenvalue weighted by atomic mass is 79.9. The van der Waals surface area contributed by atoms with E-state index in [0.717, 1.165) is 0 Å². The van der Waals surface area contributed by atoms with Crippen molar-refractivity contribution in [3.63, 3.8) is 0 Å². The van der Waals surface area contributed by atoms with Crippen LogP contribution in [0.4, 0.5) is 0 Å². The Morgan fingerprint density at radius 2 is 1.95 bits per heavy atom. The van der Waals surface area contributed by atoms with Gasteiger partial charge in [0.05, 0.1) is 5.02 Å². The molecule has 0 spiro atoms. The molecule has 0 aliphatic rings. The molecule has 0 radical (unpaired) electrons. The van der Waals surface area contributed by atoms with Crippen molar-refractivity contribution in [2.75, 3.05) is 0 Å². The van der Waals surface area contributed by atoms with Crippen LogP contribution >= 0.6 is 27.5 Å². The van der Waals surface area contributed by atoms with E-state index in [-0.39, 0.29) is 16.3 Å². The molecule has 0 bridgehead atoms. The standard InChI is InChI=1S/C16H9BrClNO2/c17-13-7-11(16(21)14(18)8-13)6-12(9-19)15(20)10-4-2-1-3-5-10/h1-8,21H/b12-6+. The largest absolute Gasteiger partial charge is 0.506 e. The smallest absolute Gasteiger partial charge is 0.203 e. The predicted molar refractivity (Wildman–Crippen MR) is 85.2 cm³/mol. The zero-order chi connectivity index (χ0) is 15.4. The number of nitrogens with zero attached hydrogens (tertiary/aromatic N) is 1. The Balaban J connectivity index is 2.48. The van der Waals surface area contributed by atoms with Gasteiger partial charge in [0.25, 0.3) is 0 Å². The molecule has 0 saturated heterocycles. The molecule has 1 N–H and O–H groups in total. The number of carbonyl (C=O) groups is 1. The highest BCUT2D eigenvalue weighted by Crippen LogP contribution is 2.32. The number of allylic oxidation sites excluding steroid dienone is 1. The van der Waals surface area contributed by atoms with Crippen LogP contribution in [0.2, 0.25) is 5.02 Å². The van der Waals surface area contributed by atoms with Crippen LogP contribution < -0.4 is 0 Å². The van der Waals surface area contributed by atoms with Gasteiger partial charge in [-0.25, -0.2) is 0 Å². The maximum absolute atomic E-state index is 12.2. The zero-order valence-electron chi connectivity index (χ0n) is 10.7. The normalized spacial score (nSPS) is 11.0. The zero-order valence-corrected chi connectivity index (χ0v) is 13.0. The van der Waals surface area contributed by atoms with Gasteiger partial charge in [0.2, 0.25) is 5.78 Å². The van der Waals surface area contributed by atoms with Gasteiger partial charge in [-0.05, 0) is 18.2 Å². The average molecular weight is 363 g/mol. The molecule has 21 heavy (non-hydrogen) atoms. The fourth-order valence-corrected chi connectivity index (χ4v) is 2.58. The number of Topliss-reactive ketones (excluding diaryl/α,β-unsaturated/α-hetero) is 1. The number of carbonyl (C=O) groups excluding carboxylic acids is 1. The van der Waals surface area contributed by atoms with Crippen molar-refractivity contribution in [2.24, 2.45) is 0 Å². The molecule has 0 aromatic heterocycles. The molecule has 2 aromatic carbocycles. The van der Waals surface area contributed by atoms with Gasteiger partial charge in [0, 0.05) is 15.6 Å². The number of phenolic OH excluding ortho intramolecular Hbond substituents is 1. The Bertz CT molecular complexity index is 764. The summed E-state index contributed by atoms with van der Waals surface area (Å²) >= 11 is 9.11. The predicted octanol–water partition coefficient (Wildman–Crippen LogP) is 4.60. The maximum Gasteiger partial charge on any atom is 0.203 e. The number of nitriles is 1. The van der Waals surface area contributed by atoms with Gasteiger partial charge >= 0.3 is 0 Å². The lowest BCUT2D eigenvalue weighted by Crippen LogP contribution is -2.01. The van der Waals surface area contributed by atoms with E-state index in [2.05, 4.69) is 15.9 Å². The van der Waals surface area contributed by atoms with Gasteiger partial charge in [-0.3, -0.25) is 4.79 Å². The van der Waals surface area contributed by atoms with Crippen LogP contribution in [-0.2, 0) is 0 Å². The van der Waals surface area contributed by atoms with E-state index >= 15 is 0 Å². The minimum atomic E-state index is -0.409. The van der Waals surface area contributed by atoms with E-state index in [1.54, 1.807) is 36.4 Å². The molecule has 0 aliphatic heterocycles. The number of benzene rings is 2. The SMILES string of the molecule is N#C/C(=C\c1cc(Br)cc(Cl)c1O)C(=O)c1ccccc1. The Labute approximate surface area is 135 Å². The first kappa shape index (κ1) is 15.3. The number of rotatable bonds is 3. The van der Waals surface area contributed by atoms with Crippen LogP contribution in [0.5, 0.6) is 5.75 Å². The number of phenols is 1. The summed E-state index contributed by atoms with van der Waals surface area (Å²) in [4.78, 5) is 12.2. The van der Waals surface area contributed by atoms with Crippen LogP contribution in [0, 0.1) is 11.3 Å². The molecular weight excluding hydrogens is 354 g/mol. The van der Waals surface area contributed by atoms with Crippen molar-refractivity contribution in [3.05, 3.63) is 68.7 Å². The maximum atomic E-state index is 12.2. The molecule has 0 atom stereocenters. The van der Waals surface area contributed by atoms with Crippen molar-refractivity contribution >= 4 is 39.4 Å². The quantitative estimate of drug-likeness (QED) is 0.493. The Morgan fingerprint density at radius 3 is 2.57 bits per heavy atom. The average Bonchev–Trinajstić information content (AvgIpc) is 2.49. The van der Waals surface area contributed by atoms with Crippen molar-refractivity contribution in [1.82, 2.24) is 0 Å². The first-order valence-corrected chi connectivity index (χ1v) is 7.09. The van der Waals surface area contributed by atoms with Gasteiger partial charge in [-0.2, -0.15) is 5.26 Å². The third kappa shape index (κ3) is 3.52. The van der Waals surface area contributed by atoms with E-state index < -0.39 is 5.78 Å². The summed E-state index contributed by atoms with van der Waals surface area (Å²) < 4.78 is 0.640. The molecule has 0 saturated carbocycles. The van der Waals surface area contributed by atoms with Crippen molar-refractivity contribution < 1.29 is 9.90 Å². The highest BCUT2D eigenvalue weighted by molar-refractivity contribution is 9.10. The number of halogens is 2. The van der Waals surface area contributed by atoms with Crippen LogP contribution in [0.25, 0.3) is 6.08 Å². The fourth-order valence-electron chi connectivity index (χ4n) is 1.75. The lowest BCUT2D eigenvalue weighted by Gasteiger charge is -2.04. The summed E-state index contributed by atoms with van der Waals surface area (Å²) in [5.41, 5.74) is 0.631. The van der Waals surface area contributed by atoms with Gasteiger partial charge in [-0.1, -0.05) is 57.9 Å². The molecule has 0 amide bonds. The molecule has 0 aliphatic carbocycles. The second-order valence-corrected chi connectivity index (χ2v) is 5.51. The van der Waals surface area contributed by atoms with E-state index in [0.29, 0.717) is 15.6 Å². The van der Waals surface area contributed by atoms with Crippen molar-refractivity contribution in [3.8, 4) is 11.8 Å². The molecule has 0 unspecified atom stereocenters. The molecule has 0 fully saturated rings. The Hall–Kier alpha value is -2.09. The van der Waals surface area contributed by atoms with E-state index in [1.165, 1.54) is 12.1 Å². The van der Waals surface area contributed by atoms with Crippen LogP contribution in [0.1, 0.15) is 15.9 Å². The molecule has 2 rings (SSSR count). The van der Waals surface area contributed by atoms with Gasteiger partial charge < -0.3 is 5.11 Å². The van der Waals surface area contributed by atoms with Crippen molar-refractivity contribution in [1.29, 1.82) is 5.26 Å². The second kappa shape index (κ2) is 6.57. The lowest BCUT2D eigenvalue weighted by atomic mass is 10.0. The summed E-state index contributed by atoms with van der Waals surface area (Å²) in [7, 11) is 0. The Kier molecular flexibility index (Phi) is 4.79. The van der Waals surface area contributed by atoms with Gasteiger partial charge in [0.1, 0.15) is 17.4 Å². The first-order chi connectivity index (χ1) is 10.0. The molecule has 0 heterocycles. The summed E-state index contributed by atoms with van der Waals surface area (Å²) in [6.07, 6.45) is 1.32. The third-order valence-electron chi connectivity index (χ3n) is 2.76. The van der Waals surface area contributed by atoms with Gasteiger partial charge in [-0.15, -0.1) is 0 Å². The van der Waals surface area contributed by atoms with Crippen LogP contribution in [0.3, 0.4) is 0 Å². The topological polar surface area (TPSA) is 61.1 Å². The lowest BCUT2D eigenvalue weighted by molar-refractivity contribution is 0.104. The van der Waals surface area contributed by atoms with Crippen LogP contribution in [0.15, 0.2) is 52.5 Å². The van der Waals surface area contributed by atoms with Crippen LogP contribution in [-0.4, -0.2) is 10.9 Å². The number of hydrogen-bond donors (Lipinski definition) is 1. The third-order valence-corrected chi connectivity index (χ3v) is 3.50. The van der Waals surface area contributed by atoms with Gasteiger partial charge in [0.15, 0.2) is 0 Å². The summed E-state index contributed by atoms with van der Waals surface area (Å²) in [6.45, 7) is 0. The number of aromatic hydroxyl groups is 1. The first-order valence-electron chi connectivity index (χ1n) is 5.92. The Morgan fingerprint density at radius 1 is 1.29 bits per heavy atom. The van der Waals surface area contributed by atoms with E-state index in [9.17, 15) is 15.2 Å². The number of ketones is 1. The molecule has 2 aromatic rings. The summed E-state index contributed by atoms with van der Waals surface area (Å²) in [5, 5.41) is 19.2. The monoisotopic (exact) mass is 361 g/mol. The molecule has 3 nitrogen and oxygen atoms in total. The minimum absolute atomic E-state index is 0.0781. The fraction of sp³-hybridized carbons (Fsp3) is 0.